The van der Waals surface area contributed by atoms with Crippen molar-refractivity contribution in [3.63, 3.8) is 0 Å². The second kappa shape index (κ2) is 8.58. The Hall–Kier alpha value is -1.01. The number of carbonyl (C=O) groups excluding carboxylic acids is 1. The summed E-state index contributed by atoms with van der Waals surface area (Å²) < 4.78 is 28.4. The molecule has 2 atom stereocenters. The summed E-state index contributed by atoms with van der Waals surface area (Å²) >= 11 is 0. The van der Waals surface area contributed by atoms with Gasteiger partial charge in [-0.2, -0.15) is 8.78 Å². The molecule has 0 radical (unpaired) electrons. The SMILES string of the molecule is Br.CC1CC(C)CN(CC(=O)c2ccc(OC(F)F)cc2)C1. The summed E-state index contributed by atoms with van der Waals surface area (Å²) in [6.45, 7) is 3.80. The van der Waals surface area contributed by atoms with Crippen molar-refractivity contribution in [1.29, 1.82) is 0 Å². The molecular weight excluding hydrogens is 356 g/mol. The Morgan fingerprint density at radius 1 is 1.23 bits per heavy atom. The van der Waals surface area contributed by atoms with Crippen molar-refractivity contribution < 1.29 is 18.3 Å². The molecule has 1 heterocycles. The molecule has 22 heavy (non-hydrogen) atoms. The van der Waals surface area contributed by atoms with Crippen LogP contribution in [0.5, 0.6) is 5.75 Å². The van der Waals surface area contributed by atoms with E-state index < -0.39 is 6.61 Å². The van der Waals surface area contributed by atoms with Gasteiger partial charge in [0.05, 0.1) is 6.54 Å². The summed E-state index contributed by atoms with van der Waals surface area (Å²) in [5, 5.41) is 0. The lowest BCUT2D eigenvalue weighted by molar-refractivity contribution is -0.0498. The van der Waals surface area contributed by atoms with Crippen LogP contribution in [0.25, 0.3) is 0 Å². The molecule has 3 nitrogen and oxygen atoms in total. The van der Waals surface area contributed by atoms with Gasteiger partial charge in [0.25, 0.3) is 0 Å². The average Bonchev–Trinajstić information content (AvgIpc) is 2.37. The standard InChI is InChI=1S/C16H21F2NO2.BrH/c1-11-7-12(2)9-19(8-11)10-15(20)13-3-5-14(6-4-13)21-16(17)18;/h3-6,11-12,16H,7-10H2,1-2H3;1H. The highest BCUT2D eigenvalue weighted by Gasteiger charge is 2.23. The fourth-order valence-electron chi connectivity index (χ4n) is 3.04. The van der Waals surface area contributed by atoms with Crippen LogP contribution < -0.4 is 4.74 Å². The molecule has 0 N–H and O–H groups in total. The number of likely N-dealkylation sites (tertiary alicyclic amines) is 1. The summed E-state index contributed by atoms with van der Waals surface area (Å²) in [5.74, 6) is 1.29. The number of hydrogen-bond acceptors (Lipinski definition) is 3. The number of carbonyl (C=O) groups is 1. The van der Waals surface area contributed by atoms with Crippen LogP contribution in [0, 0.1) is 11.8 Å². The molecule has 0 aromatic heterocycles. The number of alkyl halides is 2. The normalized spacial score (nSPS) is 22.2. The fraction of sp³-hybridized carbons (Fsp3) is 0.562. The van der Waals surface area contributed by atoms with Crippen LogP contribution in [0.15, 0.2) is 24.3 Å². The van der Waals surface area contributed by atoms with Crippen molar-refractivity contribution in [3.05, 3.63) is 29.8 Å². The van der Waals surface area contributed by atoms with E-state index in [-0.39, 0.29) is 28.5 Å². The lowest BCUT2D eigenvalue weighted by atomic mass is 9.91. The minimum absolute atomic E-state index is 0. The first-order valence-electron chi connectivity index (χ1n) is 7.24. The molecule has 0 spiro atoms. The Morgan fingerprint density at radius 2 is 1.77 bits per heavy atom. The Labute approximate surface area is 140 Å². The predicted molar refractivity (Wildman–Crippen MR) is 87.1 cm³/mol. The van der Waals surface area contributed by atoms with Crippen LogP contribution in [0.2, 0.25) is 0 Å². The first kappa shape index (κ1) is 19.0. The van der Waals surface area contributed by atoms with Gasteiger partial charge < -0.3 is 4.74 Å². The molecule has 0 amide bonds. The number of hydrogen-bond donors (Lipinski definition) is 0. The number of rotatable bonds is 5. The van der Waals surface area contributed by atoms with E-state index in [0.717, 1.165) is 13.1 Å². The van der Waals surface area contributed by atoms with Crippen LogP contribution in [-0.2, 0) is 0 Å². The van der Waals surface area contributed by atoms with Crippen molar-refractivity contribution in [1.82, 2.24) is 4.90 Å². The van der Waals surface area contributed by atoms with Gasteiger partial charge in [-0.25, -0.2) is 0 Å². The Kier molecular flexibility index (Phi) is 7.42. The van der Waals surface area contributed by atoms with E-state index in [1.165, 1.54) is 30.7 Å². The van der Waals surface area contributed by atoms with Gasteiger partial charge in [0, 0.05) is 18.7 Å². The molecule has 1 aromatic rings. The summed E-state index contributed by atoms with van der Waals surface area (Å²) in [5.41, 5.74) is 0.530. The van der Waals surface area contributed by atoms with Gasteiger partial charge in [-0.05, 0) is 42.5 Å². The van der Waals surface area contributed by atoms with Gasteiger partial charge in [-0.1, -0.05) is 13.8 Å². The molecule has 1 aliphatic heterocycles. The number of benzene rings is 1. The summed E-state index contributed by atoms with van der Waals surface area (Å²) in [7, 11) is 0. The van der Waals surface area contributed by atoms with E-state index in [4.69, 9.17) is 0 Å². The fourth-order valence-corrected chi connectivity index (χ4v) is 3.04. The minimum Gasteiger partial charge on any atom is -0.435 e. The van der Waals surface area contributed by atoms with E-state index in [9.17, 15) is 13.6 Å². The third-order valence-electron chi connectivity index (χ3n) is 3.71. The molecule has 1 aromatic carbocycles. The van der Waals surface area contributed by atoms with E-state index in [1.807, 2.05) is 0 Å². The highest BCUT2D eigenvalue weighted by Crippen LogP contribution is 2.21. The minimum atomic E-state index is -2.84. The van der Waals surface area contributed by atoms with E-state index in [0.29, 0.717) is 23.9 Å². The topological polar surface area (TPSA) is 29.5 Å². The second-order valence-electron chi connectivity index (χ2n) is 5.97. The average molecular weight is 378 g/mol. The molecule has 1 aliphatic rings. The number of ketones is 1. The van der Waals surface area contributed by atoms with Crippen molar-refractivity contribution >= 4 is 22.8 Å². The monoisotopic (exact) mass is 377 g/mol. The van der Waals surface area contributed by atoms with Crippen molar-refractivity contribution in [2.24, 2.45) is 11.8 Å². The van der Waals surface area contributed by atoms with Gasteiger partial charge in [0.2, 0.25) is 0 Å². The summed E-state index contributed by atoms with van der Waals surface area (Å²) in [4.78, 5) is 14.4. The molecule has 1 fully saturated rings. The highest BCUT2D eigenvalue weighted by atomic mass is 79.9. The number of ether oxygens (including phenoxy) is 1. The van der Waals surface area contributed by atoms with Gasteiger partial charge >= 0.3 is 6.61 Å². The van der Waals surface area contributed by atoms with E-state index in [2.05, 4.69) is 23.5 Å². The lowest BCUT2D eigenvalue weighted by Gasteiger charge is -2.34. The zero-order chi connectivity index (χ0) is 15.4. The van der Waals surface area contributed by atoms with E-state index >= 15 is 0 Å². The molecule has 2 unspecified atom stereocenters. The Balaban J connectivity index is 0.00000242. The van der Waals surface area contributed by atoms with E-state index in [1.54, 1.807) is 0 Å². The zero-order valence-corrected chi connectivity index (χ0v) is 14.5. The third kappa shape index (κ3) is 5.65. The molecule has 0 saturated carbocycles. The Morgan fingerprint density at radius 3 is 2.27 bits per heavy atom. The molecule has 124 valence electrons. The third-order valence-corrected chi connectivity index (χ3v) is 3.71. The quantitative estimate of drug-likeness (QED) is 0.725. The van der Waals surface area contributed by atoms with Crippen molar-refractivity contribution in [2.75, 3.05) is 19.6 Å². The number of piperidine rings is 1. The highest BCUT2D eigenvalue weighted by molar-refractivity contribution is 8.93. The van der Waals surface area contributed by atoms with Crippen molar-refractivity contribution in [3.8, 4) is 5.75 Å². The lowest BCUT2D eigenvalue weighted by Crippen LogP contribution is -2.41. The zero-order valence-electron chi connectivity index (χ0n) is 12.8. The molecular formula is C16H22BrF2NO2. The first-order valence-corrected chi connectivity index (χ1v) is 7.24. The van der Waals surface area contributed by atoms with Gasteiger partial charge in [0.1, 0.15) is 5.75 Å². The van der Waals surface area contributed by atoms with Gasteiger partial charge in [-0.3, -0.25) is 9.69 Å². The van der Waals surface area contributed by atoms with Crippen molar-refractivity contribution in [2.45, 2.75) is 26.9 Å². The van der Waals surface area contributed by atoms with Crippen LogP contribution in [0.3, 0.4) is 0 Å². The number of nitrogens with zero attached hydrogens (tertiary/aromatic N) is 1. The first-order chi connectivity index (χ1) is 9.94. The summed E-state index contributed by atoms with van der Waals surface area (Å²) in [6, 6.07) is 5.88. The molecule has 1 saturated heterocycles. The predicted octanol–water partition coefficient (Wildman–Crippen LogP) is 4.03. The Bertz CT molecular complexity index is 472. The smallest absolute Gasteiger partial charge is 0.387 e. The van der Waals surface area contributed by atoms with Crippen LogP contribution in [0.4, 0.5) is 8.78 Å². The van der Waals surface area contributed by atoms with Gasteiger partial charge in [-0.15, -0.1) is 17.0 Å². The number of Topliss-reactive ketones (excluding diaryl/α,β-unsaturated/α-hetero) is 1. The molecule has 6 heteroatoms. The maximum Gasteiger partial charge on any atom is 0.387 e. The van der Waals surface area contributed by atoms with Crippen LogP contribution >= 0.6 is 17.0 Å². The number of halogens is 3. The molecule has 2 rings (SSSR count). The van der Waals surface area contributed by atoms with Gasteiger partial charge in [0.15, 0.2) is 5.78 Å². The second-order valence-corrected chi connectivity index (χ2v) is 5.97. The molecule has 0 bridgehead atoms. The summed E-state index contributed by atoms with van der Waals surface area (Å²) in [6.07, 6.45) is 1.20. The maximum absolute atomic E-state index is 12.2. The van der Waals surface area contributed by atoms with Crippen LogP contribution in [-0.4, -0.2) is 36.9 Å². The molecule has 0 aliphatic carbocycles. The maximum atomic E-state index is 12.2. The largest absolute Gasteiger partial charge is 0.435 e. The van der Waals surface area contributed by atoms with Crippen LogP contribution in [0.1, 0.15) is 30.6 Å².